The number of fused-ring (bicyclic) bond motifs is 5. The third-order valence-corrected chi connectivity index (χ3v) is 9.17. The fourth-order valence-electron chi connectivity index (χ4n) is 5.61. The average Bonchev–Trinajstić information content (AvgIpc) is 3.48. The summed E-state index contributed by atoms with van der Waals surface area (Å²) in [7, 11) is 4.08. The van der Waals surface area contributed by atoms with Crippen LogP contribution >= 0.6 is 22.9 Å². The highest BCUT2D eigenvalue weighted by molar-refractivity contribution is 7.15. The molecular formula is C30H31ClN4OS. The topological polar surface area (TPSA) is 40.5 Å². The molecule has 0 unspecified atom stereocenters. The maximum Gasteiger partial charge on any atom is 0.322 e. The molecule has 2 amide bonds. The van der Waals surface area contributed by atoms with Gasteiger partial charge >= 0.3 is 6.03 Å². The number of anilines is 2. The van der Waals surface area contributed by atoms with Crippen LogP contribution in [0.15, 0.2) is 60.8 Å². The van der Waals surface area contributed by atoms with Crippen molar-refractivity contribution in [2.75, 3.05) is 24.3 Å². The van der Waals surface area contributed by atoms with E-state index in [4.69, 9.17) is 11.6 Å². The van der Waals surface area contributed by atoms with Crippen LogP contribution in [-0.4, -0.2) is 29.6 Å². The van der Waals surface area contributed by atoms with Crippen molar-refractivity contribution in [1.29, 1.82) is 0 Å². The molecule has 0 fully saturated rings. The second-order valence-electron chi connectivity index (χ2n) is 10.2. The van der Waals surface area contributed by atoms with Gasteiger partial charge in [0.15, 0.2) is 0 Å². The summed E-state index contributed by atoms with van der Waals surface area (Å²) in [6.07, 6.45) is 6.82. The largest absolute Gasteiger partial charge is 0.378 e. The van der Waals surface area contributed by atoms with E-state index in [1.165, 1.54) is 33.8 Å². The van der Waals surface area contributed by atoms with Gasteiger partial charge in [-0.2, -0.15) is 0 Å². The minimum atomic E-state index is -0.232. The quantitative estimate of drug-likeness (QED) is 0.296. The molecule has 6 rings (SSSR count). The van der Waals surface area contributed by atoms with Gasteiger partial charge in [-0.15, -0.1) is 11.3 Å². The third-order valence-electron chi connectivity index (χ3n) is 7.61. The molecule has 2 aliphatic rings. The number of rotatable bonds is 3. The summed E-state index contributed by atoms with van der Waals surface area (Å²) >= 11 is 8.19. The van der Waals surface area contributed by atoms with Crippen molar-refractivity contribution in [3.63, 3.8) is 0 Å². The van der Waals surface area contributed by atoms with Crippen LogP contribution < -0.4 is 10.2 Å². The molecule has 7 heteroatoms. The van der Waals surface area contributed by atoms with Crippen LogP contribution in [0.5, 0.6) is 0 Å². The molecule has 0 saturated carbocycles. The maximum absolute atomic E-state index is 14.1. The van der Waals surface area contributed by atoms with E-state index in [1.807, 2.05) is 55.5 Å². The molecule has 1 N–H and O–H groups in total. The Morgan fingerprint density at radius 2 is 1.84 bits per heavy atom. The Kier molecular flexibility index (Phi) is 6.25. The Balaban J connectivity index is 1.49. The molecular weight excluding hydrogens is 500 g/mol. The number of amides is 2. The molecule has 4 aromatic rings. The number of benzene rings is 2. The smallest absolute Gasteiger partial charge is 0.322 e. The Morgan fingerprint density at radius 1 is 1.05 bits per heavy atom. The van der Waals surface area contributed by atoms with Crippen molar-refractivity contribution in [3.05, 3.63) is 98.6 Å². The van der Waals surface area contributed by atoms with Gasteiger partial charge in [0, 0.05) is 47.1 Å². The lowest BCUT2D eigenvalue weighted by molar-refractivity contribution is 0.194. The maximum atomic E-state index is 14.1. The number of nitrogens with one attached hydrogen (secondary N) is 1. The summed E-state index contributed by atoms with van der Waals surface area (Å²) in [5.41, 5.74) is 7.79. The first-order valence-corrected chi connectivity index (χ1v) is 14.0. The average molecular weight is 531 g/mol. The minimum absolute atomic E-state index is 0.122. The monoisotopic (exact) mass is 530 g/mol. The van der Waals surface area contributed by atoms with E-state index in [0.717, 1.165) is 41.0 Å². The van der Waals surface area contributed by atoms with E-state index in [0.29, 0.717) is 11.6 Å². The Bertz CT molecular complexity index is 1470. The van der Waals surface area contributed by atoms with Crippen LogP contribution in [0.4, 0.5) is 16.2 Å². The summed E-state index contributed by atoms with van der Waals surface area (Å²) in [5, 5.41) is 5.06. The van der Waals surface area contributed by atoms with E-state index in [9.17, 15) is 4.79 Å². The normalized spacial score (nSPS) is 16.4. The van der Waals surface area contributed by atoms with Gasteiger partial charge in [-0.1, -0.05) is 29.8 Å². The summed E-state index contributed by atoms with van der Waals surface area (Å²) < 4.78 is 2.32. The molecule has 2 aromatic heterocycles. The molecule has 190 valence electrons. The molecule has 1 atom stereocenters. The number of hydrogen-bond donors (Lipinski definition) is 1. The molecule has 0 radical (unpaired) electrons. The summed E-state index contributed by atoms with van der Waals surface area (Å²) in [5.74, 6) is 0. The van der Waals surface area contributed by atoms with Crippen LogP contribution in [0, 0.1) is 6.92 Å². The highest BCUT2D eigenvalue weighted by Crippen LogP contribution is 2.44. The van der Waals surface area contributed by atoms with E-state index < -0.39 is 0 Å². The minimum Gasteiger partial charge on any atom is -0.378 e. The van der Waals surface area contributed by atoms with Crippen LogP contribution in [0.25, 0.3) is 5.00 Å². The van der Waals surface area contributed by atoms with Crippen LogP contribution in [0.3, 0.4) is 0 Å². The lowest BCUT2D eigenvalue weighted by Crippen LogP contribution is -2.38. The molecule has 3 heterocycles. The van der Waals surface area contributed by atoms with Gasteiger partial charge in [0.2, 0.25) is 0 Å². The zero-order chi connectivity index (χ0) is 25.7. The van der Waals surface area contributed by atoms with Crippen molar-refractivity contribution < 1.29 is 4.79 Å². The standard InChI is InChI=1S/C30H31ClN4OS/c1-19-10-13-21(31)17-25(19)32-30(36)35-18-24-23-7-4-5-9-27(23)37-29(24)34-16-6-8-26(34)28(35)20-11-14-22(15-12-20)33(2)3/h6,8,10-17,28H,4-5,7,9,18H2,1-3H3,(H,32,36)/t28-/m1/s1. The van der Waals surface area contributed by atoms with Gasteiger partial charge in [-0.05, 0) is 85.7 Å². The number of carbonyl (C=O) groups excluding carboxylic acids is 1. The lowest BCUT2D eigenvalue weighted by atomic mass is 9.95. The first-order valence-electron chi connectivity index (χ1n) is 12.8. The molecule has 0 saturated heterocycles. The highest BCUT2D eigenvalue weighted by atomic mass is 35.5. The van der Waals surface area contributed by atoms with E-state index in [2.05, 4.69) is 57.4 Å². The van der Waals surface area contributed by atoms with Crippen molar-refractivity contribution in [3.8, 4) is 5.00 Å². The van der Waals surface area contributed by atoms with E-state index >= 15 is 0 Å². The SMILES string of the molecule is Cc1ccc(Cl)cc1NC(=O)N1Cc2c(sc3c2CCCC3)-n2cccc2[C@H]1c1ccc(N(C)C)cc1. The van der Waals surface area contributed by atoms with Crippen molar-refractivity contribution in [2.45, 2.75) is 45.2 Å². The molecule has 1 aliphatic heterocycles. The number of aryl methyl sites for hydroxylation is 2. The third kappa shape index (κ3) is 4.32. The van der Waals surface area contributed by atoms with Crippen LogP contribution in [0.1, 0.15) is 51.7 Å². The second kappa shape index (κ2) is 9.58. The number of thiophene rings is 1. The van der Waals surface area contributed by atoms with Gasteiger partial charge in [-0.25, -0.2) is 4.79 Å². The fraction of sp³-hybridized carbons (Fsp3) is 0.300. The molecule has 1 aliphatic carbocycles. The summed E-state index contributed by atoms with van der Waals surface area (Å²) in [4.78, 5) is 19.7. The molecule has 0 spiro atoms. The van der Waals surface area contributed by atoms with Crippen molar-refractivity contribution >= 4 is 40.3 Å². The number of nitrogens with zero attached hydrogens (tertiary/aromatic N) is 3. The Labute approximate surface area is 227 Å². The molecule has 37 heavy (non-hydrogen) atoms. The number of halogens is 1. The summed E-state index contributed by atoms with van der Waals surface area (Å²) in [6.45, 7) is 2.55. The van der Waals surface area contributed by atoms with Crippen molar-refractivity contribution in [1.82, 2.24) is 9.47 Å². The number of urea groups is 1. The summed E-state index contributed by atoms with van der Waals surface area (Å²) in [6, 6.07) is 18.1. The lowest BCUT2D eigenvalue weighted by Gasteiger charge is -2.32. The predicted octanol–water partition coefficient (Wildman–Crippen LogP) is 7.58. The van der Waals surface area contributed by atoms with Crippen molar-refractivity contribution in [2.24, 2.45) is 0 Å². The second-order valence-corrected chi connectivity index (χ2v) is 11.7. The van der Waals surface area contributed by atoms with Crippen LogP contribution in [0.2, 0.25) is 5.02 Å². The zero-order valence-corrected chi connectivity index (χ0v) is 23.0. The van der Waals surface area contributed by atoms with Crippen LogP contribution in [-0.2, 0) is 19.4 Å². The number of carbonyl (C=O) groups is 1. The molecule has 2 aromatic carbocycles. The molecule has 5 nitrogen and oxygen atoms in total. The van der Waals surface area contributed by atoms with E-state index in [-0.39, 0.29) is 12.1 Å². The first kappa shape index (κ1) is 24.1. The molecule has 0 bridgehead atoms. The number of aromatic nitrogens is 1. The van der Waals surface area contributed by atoms with Gasteiger partial charge < -0.3 is 19.7 Å². The highest BCUT2D eigenvalue weighted by Gasteiger charge is 2.36. The predicted molar refractivity (Wildman–Crippen MR) is 154 cm³/mol. The Hall–Kier alpha value is -3.22. The Morgan fingerprint density at radius 3 is 2.62 bits per heavy atom. The van der Waals surface area contributed by atoms with Gasteiger partial charge in [0.05, 0.1) is 18.3 Å². The van der Waals surface area contributed by atoms with Gasteiger partial charge in [-0.3, -0.25) is 0 Å². The zero-order valence-electron chi connectivity index (χ0n) is 21.4. The van der Waals surface area contributed by atoms with Gasteiger partial charge in [0.1, 0.15) is 5.00 Å². The van der Waals surface area contributed by atoms with Gasteiger partial charge in [0.25, 0.3) is 0 Å². The van der Waals surface area contributed by atoms with E-state index in [1.54, 1.807) is 0 Å². The number of hydrogen-bond acceptors (Lipinski definition) is 3. The fourth-order valence-corrected chi connectivity index (χ4v) is 7.18. The first-order chi connectivity index (χ1) is 17.9.